The van der Waals surface area contributed by atoms with Gasteiger partial charge >= 0.3 is 5.97 Å². The number of ether oxygens (including phenoxy) is 1. The van der Waals surface area contributed by atoms with Crippen LogP contribution in [0.25, 0.3) is 0 Å². The average Bonchev–Trinajstić information content (AvgIpc) is 3.25. The first-order valence-electron chi connectivity index (χ1n) is 26.2. The van der Waals surface area contributed by atoms with E-state index >= 15 is 0 Å². The fourth-order valence-corrected chi connectivity index (χ4v) is 7.84. The highest BCUT2D eigenvalue weighted by Crippen LogP contribution is 2.15. The number of aliphatic hydroxyl groups excluding tert-OH is 2. The molecule has 0 saturated carbocycles. The largest absolute Gasteiger partial charge is 0.466 e. The Morgan fingerprint density at radius 1 is 0.467 bits per heavy atom. The molecule has 1 amide bonds. The monoisotopic (exact) mass is 844 g/mol. The van der Waals surface area contributed by atoms with Crippen molar-refractivity contribution >= 4 is 11.9 Å². The van der Waals surface area contributed by atoms with Crippen LogP contribution in [-0.2, 0) is 14.3 Å². The molecule has 0 spiro atoms. The van der Waals surface area contributed by atoms with Crippen molar-refractivity contribution in [2.24, 2.45) is 0 Å². The summed E-state index contributed by atoms with van der Waals surface area (Å²) in [5.74, 6) is -0.0762. The Morgan fingerprint density at radius 3 is 1.30 bits per heavy atom. The first-order chi connectivity index (χ1) is 29.5. The van der Waals surface area contributed by atoms with Gasteiger partial charge in [-0.3, -0.25) is 9.59 Å². The summed E-state index contributed by atoms with van der Waals surface area (Å²) < 4.78 is 5.45. The van der Waals surface area contributed by atoms with Crippen LogP contribution in [0.2, 0.25) is 0 Å². The minimum absolute atomic E-state index is 0.0241. The van der Waals surface area contributed by atoms with E-state index in [4.69, 9.17) is 4.74 Å². The van der Waals surface area contributed by atoms with Crippen LogP contribution >= 0.6 is 0 Å². The lowest BCUT2D eigenvalue weighted by molar-refractivity contribution is -0.143. The molecule has 0 bridgehead atoms. The Labute approximate surface area is 373 Å². The smallest absolute Gasteiger partial charge is 0.305 e. The van der Waals surface area contributed by atoms with Crippen LogP contribution in [0.3, 0.4) is 0 Å². The average molecular weight is 844 g/mol. The zero-order valence-electron chi connectivity index (χ0n) is 39.9. The van der Waals surface area contributed by atoms with Gasteiger partial charge in [0, 0.05) is 12.8 Å². The summed E-state index contributed by atoms with van der Waals surface area (Å²) in [4.78, 5) is 24.5. The van der Waals surface area contributed by atoms with Gasteiger partial charge in [0.05, 0.1) is 25.4 Å². The van der Waals surface area contributed by atoms with E-state index in [0.29, 0.717) is 25.9 Å². The number of allylic oxidation sites excluding steroid dienone is 6. The maximum absolute atomic E-state index is 12.4. The van der Waals surface area contributed by atoms with Crippen molar-refractivity contribution in [2.45, 2.75) is 283 Å². The van der Waals surface area contributed by atoms with Crippen LogP contribution in [-0.4, -0.2) is 47.4 Å². The predicted octanol–water partition coefficient (Wildman–Crippen LogP) is 15.7. The molecule has 0 saturated heterocycles. The first-order valence-corrected chi connectivity index (χ1v) is 26.2. The van der Waals surface area contributed by atoms with E-state index in [1.54, 1.807) is 0 Å². The van der Waals surface area contributed by atoms with Crippen molar-refractivity contribution < 1.29 is 24.5 Å². The van der Waals surface area contributed by atoms with E-state index in [9.17, 15) is 19.8 Å². The molecule has 6 nitrogen and oxygen atoms in total. The number of hydrogen-bond acceptors (Lipinski definition) is 5. The molecular formula is C54H101NO5. The molecule has 0 aliphatic carbocycles. The van der Waals surface area contributed by atoms with Gasteiger partial charge in [-0.2, -0.15) is 0 Å². The normalized spacial score (nSPS) is 12.9. The lowest BCUT2D eigenvalue weighted by Crippen LogP contribution is -2.45. The summed E-state index contributed by atoms with van der Waals surface area (Å²) in [5.41, 5.74) is 0. The number of carbonyl (C=O) groups excluding carboxylic acids is 2. The maximum atomic E-state index is 12.4. The minimum Gasteiger partial charge on any atom is -0.466 e. The Kier molecular flexibility index (Phi) is 48.1. The number of rotatable bonds is 48. The lowest BCUT2D eigenvalue weighted by Gasteiger charge is -2.22. The summed E-state index contributed by atoms with van der Waals surface area (Å²) in [5, 5.41) is 23.2. The highest BCUT2D eigenvalue weighted by atomic mass is 16.5. The van der Waals surface area contributed by atoms with Crippen molar-refractivity contribution in [3.05, 3.63) is 36.5 Å². The molecule has 0 fully saturated rings. The van der Waals surface area contributed by atoms with Gasteiger partial charge in [-0.15, -0.1) is 0 Å². The van der Waals surface area contributed by atoms with Crippen LogP contribution in [0.4, 0.5) is 0 Å². The number of aliphatic hydroxyl groups is 2. The van der Waals surface area contributed by atoms with Crippen LogP contribution in [0.1, 0.15) is 271 Å². The fourth-order valence-electron chi connectivity index (χ4n) is 7.84. The van der Waals surface area contributed by atoms with Crippen molar-refractivity contribution in [3.8, 4) is 0 Å². The van der Waals surface area contributed by atoms with Gasteiger partial charge < -0.3 is 20.3 Å². The second kappa shape index (κ2) is 49.7. The fraction of sp³-hybridized carbons (Fsp3) is 0.852. The summed E-state index contributed by atoms with van der Waals surface area (Å²) in [7, 11) is 0. The number of unbranched alkanes of at least 4 members (excludes halogenated alkanes) is 31. The highest BCUT2D eigenvalue weighted by Gasteiger charge is 2.20. The summed E-state index contributed by atoms with van der Waals surface area (Å²) >= 11 is 0. The molecule has 0 aromatic heterocycles. The van der Waals surface area contributed by atoms with Crippen molar-refractivity contribution in [3.63, 3.8) is 0 Å². The number of esters is 1. The summed E-state index contributed by atoms with van der Waals surface area (Å²) in [6.45, 7) is 4.88. The highest BCUT2D eigenvalue weighted by molar-refractivity contribution is 5.76. The molecule has 0 aliphatic rings. The zero-order valence-corrected chi connectivity index (χ0v) is 39.9. The lowest BCUT2D eigenvalue weighted by atomic mass is 10.0. The molecular weight excluding hydrogens is 743 g/mol. The molecule has 0 radical (unpaired) electrons. The van der Waals surface area contributed by atoms with Crippen LogP contribution in [0, 0.1) is 0 Å². The van der Waals surface area contributed by atoms with E-state index in [-0.39, 0.29) is 18.5 Å². The van der Waals surface area contributed by atoms with Crippen LogP contribution in [0.15, 0.2) is 36.5 Å². The molecule has 2 unspecified atom stereocenters. The SMILES string of the molecule is CCCCCC/C=C\C/C=C\CCCCCCCC(=O)OCCCCCC/C=C\CCCCCCCCCC(=O)NC(CO)C(O)CCCCCCCCCCCCCC. The van der Waals surface area contributed by atoms with E-state index in [0.717, 1.165) is 77.0 Å². The Morgan fingerprint density at radius 2 is 0.833 bits per heavy atom. The minimum atomic E-state index is -0.674. The zero-order chi connectivity index (χ0) is 43.7. The third-order valence-corrected chi connectivity index (χ3v) is 11.9. The Balaban J connectivity index is 3.48. The predicted molar refractivity (Wildman–Crippen MR) is 259 cm³/mol. The second-order valence-corrected chi connectivity index (χ2v) is 17.8. The van der Waals surface area contributed by atoms with Gasteiger partial charge in [-0.1, -0.05) is 211 Å². The third-order valence-electron chi connectivity index (χ3n) is 11.9. The van der Waals surface area contributed by atoms with E-state index < -0.39 is 12.1 Å². The summed E-state index contributed by atoms with van der Waals surface area (Å²) in [6, 6.07) is -0.552. The maximum Gasteiger partial charge on any atom is 0.305 e. The third kappa shape index (κ3) is 45.6. The number of amides is 1. The summed E-state index contributed by atoms with van der Waals surface area (Å²) in [6.07, 6.45) is 59.7. The standard InChI is InChI=1S/C54H101NO5/c1-3-5-7-9-11-13-15-17-18-21-24-28-32-36-40-44-48-54(59)60-49-45-41-37-33-29-25-22-19-20-23-27-31-35-39-43-47-53(58)55-51(50-56)52(57)46-42-38-34-30-26-16-14-12-10-8-6-4-2/h13,15,18,21-22,25,51-52,56-57H,3-12,14,16-17,19-20,23-24,26-50H2,1-2H3,(H,55,58)/b15-13-,21-18-,25-22-. The number of carbonyl (C=O) groups is 2. The van der Waals surface area contributed by atoms with Crippen molar-refractivity contribution in [1.29, 1.82) is 0 Å². The van der Waals surface area contributed by atoms with Crippen LogP contribution < -0.4 is 5.32 Å². The molecule has 0 rings (SSSR count). The molecule has 2 atom stereocenters. The van der Waals surface area contributed by atoms with E-state index in [1.807, 2.05) is 0 Å². The molecule has 352 valence electrons. The van der Waals surface area contributed by atoms with E-state index in [1.165, 1.54) is 161 Å². The Bertz CT molecular complexity index is 977. The van der Waals surface area contributed by atoms with E-state index in [2.05, 4.69) is 55.6 Å². The molecule has 0 aromatic rings. The Hall–Kier alpha value is -1.92. The van der Waals surface area contributed by atoms with Crippen molar-refractivity contribution in [1.82, 2.24) is 5.32 Å². The molecule has 3 N–H and O–H groups in total. The van der Waals surface area contributed by atoms with Gasteiger partial charge in [0.15, 0.2) is 0 Å². The first kappa shape index (κ1) is 58.1. The van der Waals surface area contributed by atoms with Crippen LogP contribution in [0.5, 0.6) is 0 Å². The second-order valence-electron chi connectivity index (χ2n) is 17.8. The van der Waals surface area contributed by atoms with Crippen molar-refractivity contribution in [2.75, 3.05) is 13.2 Å². The number of hydrogen-bond donors (Lipinski definition) is 3. The van der Waals surface area contributed by atoms with Gasteiger partial charge in [0.25, 0.3) is 0 Å². The molecule has 6 heteroatoms. The van der Waals surface area contributed by atoms with Gasteiger partial charge in [0.2, 0.25) is 5.91 Å². The molecule has 60 heavy (non-hydrogen) atoms. The molecule has 0 aromatic carbocycles. The van der Waals surface area contributed by atoms with Gasteiger partial charge in [-0.25, -0.2) is 0 Å². The quantitative estimate of drug-likeness (QED) is 0.0322. The van der Waals surface area contributed by atoms with Gasteiger partial charge in [-0.05, 0) is 83.5 Å². The number of nitrogens with one attached hydrogen (secondary N) is 1. The molecule has 0 aliphatic heterocycles. The molecule has 0 heterocycles. The topological polar surface area (TPSA) is 95.9 Å². The van der Waals surface area contributed by atoms with Gasteiger partial charge in [0.1, 0.15) is 0 Å².